The first-order valence-electron chi connectivity index (χ1n) is 7.23. The average Bonchev–Trinajstić information content (AvgIpc) is 3.28. The van der Waals surface area contributed by atoms with Crippen molar-refractivity contribution in [2.75, 3.05) is 5.32 Å². The second-order valence-electron chi connectivity index (χ2n) is 5.17. The maximum atomic E-state index is 12.1. The summed E-state index contributed by atoms with van der Waals surface area (Å²) in [5.74, 6) is 0.774. The first-order chi connectivity index (χ1) is 11.6. The van der Waals surface area contributed by atoms with E-state index < -0.39 is 0 Å². The van der Waals surface area contributed by atoms with E-state index >= 15 is 0 Å². The lowest BCUT2D eigenvalue weighted by molar-refractivity contribution is -0.116. The van der Waals surface area contributed by atoms with E-state index in [9.17, 15) is 10.1 Å². The van der Waals surface area contributed by atoms with Gasteiger partial charge in [0.2, 0.25) is 17.6 Å². The van der Waals surface area contributed by atoms with Gasteiger partial charge in [-0.15, -0.1) is 11.3 Å². The van der Waals surface area contributed by atoms with Crippen molar-refractivity contribution in [3.63, 3.8) is 0 Å². The zero-order chi connectivity index (χ0) is 17.1. The minimum atomic E-state index is -0.178. The van der Waals surface area contributed by atoms with Crippen molar-refractivity contribution in [1.82, 2.24) is 10.1 Å². The molecule has 3 rings (SSSR count). The summed E-state index contributed by atoms with van der Waals surface area (Å²) in [5, 5.41) is 20.4. The van der Waals surface area contributed by atoms with Gasteiger partial charge in [0.1, 0.15) is 11.1 Å². The zero-order valence-electron chi connectivity index (χ0n) is 13.1. The van der Waals surface area contributed by atoms with Crippen LogP contribution in [0.1, 0.15) is 28.3 Å². The van der Waals surface area contributed by atoms with E-state index in [0.29, 0.717) is 28.7 Å². The number of carbonyl (C=O) groups excluding carboxylic acids is 1. The highest BCUT2D eigenvalue weighted by Crippen LogP contribution is 2.31. The molecule has 1 amide bonds. The fraction of sp³-hybridized carbons (Fsp3) is 0.250. The highest BCUT2D eigenvalue weighted by atomic mass is 32.1. The molecule has 8 heteroatoms. The summed E-state index contributed by atoms with van der Waals surface area (Å²) < 4.78 is 5.17. The fourth-order valence-corrected chi connectivity index (χ4v) is 3.79. The van der Waals surface area contributed by atoms with Crippen LogP contribution in [0.25, 0.3) is 11.4 Å². The smallest absolute Gasteiger partial charge is 0.227 e. The average molecular weight is 358 g/mol. The number of carbonyl (C=O) groups is 1. The number of nitrogens with zero attached hydrogens (tertiary/aromatic N) is 3. The molecule has 0 saturated heterocycles. The number of amides is 1. The molecule has 0 bridgehead atoms. The maximum absolute atomic E-state index is 12.1. The van der Waals surface area contributed by atoms with Gasteiger partial charge in [0.05, 0.1) is 5.56 Å². The molecule has 3 heterocycles. The lowest BCUT2D eigenvalue weighted by Crippen LogP contribution is -2.12. The quantitative estimate of drug-likeness (QED) is 0.746. The summed E-state index contributed by atoms with van der Waals surface area (Å²) in [4.78, 5) is 17.4. The lowest BCUT2D eigenvalue weighted by Gasteiger charge is -2.01. The number of hydrogen-bond donors (Lipinski definition) is 1. The van der Waals surface area contributed by atoms with E-state index in [4.69, 9.17) is 4.52 Å². The molecule has 0 unspecified atom stereocenters. The Kier molecular flexibility index (Phi) is 4.74. The van der Waals surface area contributed by atoms with Crippen molar-refractivity contribution in [2.45, 2.75) is 26.7 Å². The summed E-state index contributed by atoms with van der Waals surface area (Å²) in [5.41, 5.74) is 2.35. The molecule has 0 aliphatic heterocycles. The Morgan fingerprint density at radius 3 is 3.00 bits per heavy atom. The molecular weight excluding hydrogens is 344 g/mol. The third-order valence-electron chi connectivity index (χ3n) is 3.56. The molecule has 0 fully saturated rings. The Bertz CT molecular complexity index is 903. The van der Waals surface area contributed by atoms with Crippen LogP contribution >= 0.6 is 22.7 Å². The molecule has 1 N–H and O–H groups in total. The van der Waals surface area contributed by atoms with Crippen LogP contribution in [0.3, 0.4) is 0 Å². The molecule has 0 atom stereocenters. The zero-order valence-corrected chi connectivity index (χ0v) is 14.8. The van der Waals surface area contributed by atoms with E-state index in [1.165, 1.54) is 11.3 Å². The number of nitriles is 1. The Morgan fingerprint density at radius 2 is 2.29 bits per heavy atom. The van der Waals surface area contributed by atoms with Crippen molar-refractivity contribution in [3.05, 3.63) is 38.7 Å². The van der Waals surface area contributed by atoms with Crippen LogP contribution in [-0.2, 0) is 11.2 Å². The monoisotopic (exact) mass is 358 g/mol. The fourth-order valence-electron chi connectivity index (χ4n) is 2.12. The van der Waals surface area contributed by atoms with E-state index in [2.05, 4.69) is 21.5 Å². The summed E-state index contributed by atoms with van der Waals surface area (Å²) in [6.07, 6.45) is 0.570. The molecule has 0 spiro atoms. The van der Waals surface area contributed by atoms with Crippen LogP contribution in [-0.4, -0.2) is 16.0 Å². The number of aromatic nitrogens is 2. The van der Waals surface area contributed by atoms with Gasteiger partial charge in [-0.2, -0.15) is 21.6 Å². The van der Waals surface area contributed by atoms with Crippen molar-refractivity contribution < 1.29 is 9.32 Å². The molecule has 6 nitrogen and oxygen atoms in total. The van der Waals surface area contributed by atoms with Gasteiger partial charge >= 0.3 is 0 Å². The summed E-state index contributed by atoms with van der Waals surface area (Å²) in [7, 11) is 0. The van der Waals surface area contributed by atoms with Gasteiger partial charge in [-0.05, 0) is 30.9 Å². The highest BCUT2D eigenvalue weighted by molar-refractivity contribution is 7.16. The molecule has 3 aromatic heterocycles. The van der Waals surface area contributed by atoms with Gasteiger partial charge < -0.3 is 9.84 Å². The molecule has 0 radical (unpaired) electrons. The topological polar surface area (TPSA) is 91.8 Å². The van der Waals surface area contributed by atoms with Crippen LogP contribution in [0.2, 0.25) is 0 Å². The lowest BCUT2D eigenvalue weighted by atomic mass is 10.2. The Balaban J connectivity index is 1.60. The van der Waals surface area contributed by atoms with Gasteiger partial charge in [-0.1, -0.05) is 5.16 Å². The minimum absolute atomic E-state index is 0.178. The number of hydrogen-bond acceptors (Lipinski definition) is 7. The van der Waals surface area contributed by atoms with Crippen molar-refractivity contribution >= 4 is 33.6 Å². The van der Waals surface area contributed by atoms with Gasteiger partial charge in [0.25, 0.3) is 0 Å². The Labute approximate surface area is 146 Å². The van der Waals surface area contributed by atoms with Gasteiger partial charge in [-0.3, -0.25) is 4.79 Å². The Morgan fingerprint density at radius 1 is 1.46 bits per heavy atom. The van der Waals surface area contributed by atoms with Gasteiger partial charge in [0, 0.05) is 28.7 Å². The molecule has 24 heavy (non-hydrogen) atoms. The minimum Gasteiger partial charge on any atom is -0.339 e. The summed E-state index contributed by atoms with van der Waals surface area (Å²) in [6.45, 7) is 3.81. The predicted molar refractivity (Wildman–Crippen MR) is 93.1 cm³/mol. The van der Waals surface area contributed by atoms with E-state index in [-0.39, 0.29) is 12.3 Å². The molecule has 122 valence electrons. The van der Waals surface area contributed by atoms with Crippen molar-refractivity contribution in [3.8, 4) is 17.5 Å². The normalized spacial score (nSPS) is 10.5. The van der Waals surface area contributed by atoms with E-state index in [0.717, 1.165) is 16.0 Å². The summed E-state index contributed by atoms with van der Waals surface area (Å²) >= 11 is 2.97. The third-order valence-corrected chi connectivity index (χ3v) is 5.37. The molecular formula is C16H14N4O2S2. The number of aryl methyl sites for hydroxylation is 2. The van der Waals surface area contributed by atoms with Gasteiger partial charge in [0.15, 0.2) is 0 Å². The number of rotatable bonds is 5. The molecule has 0 saturated carbocycles. The van der Waals surface area contributed by atoms with Gasteiger partial charge in [-0.25, -0.2) is 0 Å². The number of nitrogens with one attached hydrogen (secondary N) is 1. The molecule has 3 aromatic rings. The highest BCUT2D eigenvalue weighted by Gasteiger charge is 2.16. The summed E-state index contributed by atoms with van der Waals surface area (Å²) in [6, 6.07) is 4.05. The second-order valence-corrected chi connectivity index (χ2v) is 7.18. The SMILES string of the molecule is Cc1sc(NC(=O)CCc2nc(-c3ccsc3)no2)c(C#N)c1C. The van der Waals surface area contributed by atoms with Crippen LogP contribution in [0.5, 0.6) is 0 Å². The van der Waals surface area contributed by atoms with Crippen LogP contribution < -0.4 is 5.32 Å². The van der Waals surface area contributed by atoms with Crippen LogP contribution in [0.15, 0.2) is 21.3 Å². The molecule has 0 aromatic carbocycles. The van der Waals surface area contributed by atoms with E-state index in [1.807, 2.05) is 30.7 Å². The van der Waals surface area contributed by atoms with Crippen LogP contribution in [0.4, 0.5) is 5.00 Å². The number of anilines is 1. The molecule has 0 aliphatic rings. The maximum Gasteiger partial charge on any atom is 0.227 e. The van der Waals surface area contributed by atoms with Crippen molar-refractivity contribution in [2.24, 2.45) is 0 Å². The predicted octanol–water partition coefficient (Wildman–Crippen LogP) is 3.92. The first kappa shape index (κ1) is 16.4. The van der Waals surface area contributed by atoms with Crippen molar-refractivity contribution in [1.29, 1.82) is 5.26 Å². The number of thiophene rings is 2. The molecule has 0 aliphatic carbocycles. The van der Waals surface area contributed by atoms with Crippen LogP contribution in [0, 0.1) is 25.2 Å². The largest absolute Gasteiger partial charge is 0.339 e. The standard InChI is InChI=1S/C16H14N4O2S2/c1-9-10(2)24-16(12(9)7-17)18-13(21)3-4-14-19-15(20-22-14)11-5-6-23-8-11/h5-6,8H,3-4H2,1-2H3,(H,18,21). The Hall–Kier alpha value is -2.50. The van der Waals surface area contributed by atoms with E-state index in [1.54, 1.807) is 11.3 Å². The second kappa shape index (κ2) is 6.95. The first-order valence-corrected chi connectivity index (χ1v) is 8.99. The third kappa shape index (κ3) is 3.37.